The molecule has 2 fully saturated rings. The topological polar surface area (TPSA) is 32.3 Å². The Kier molecular flexibility index (Phi) is 3.31. The summed E-state index contributed by atoms with van der Waals surface area (Å²) in [7, 11) is 2.11. The van der Waals surface area contributed by atoms with Crippen LogP contribution in [-0.4, -0.2) is 29.9 Å². The molecule has 3 unspecified atom stereocenters. The highest BCUT2D eigenvalue weighted by Crippen LogP contribution is 2.40. The first-order valence-corrected chi connectivity index (χ1v) is 7.24. The van der Waals surface area contributed by atoms with Crippen LogP contribution < -0.4 is 5.32 Å². The van der Waals surface area contributed by atoms with Gasteiger partial charge in [-0.05, 0) is 56.8 Å². The summed E-state index contributed by atoms with van der Waals surface area (Å²) >= 11 is 0. The van der Waals surface area contributed by atoms with Crippen LogP contribution in [-0.2, 0) is 4.79 Å². The van der Waals surface area contributed by atoms with Crippen molar-refractivity contribution in [3.05, 3.63) is 29.8 Å². The van der Waals surface area contributed by atoms with Crippen LogP contribution in [0.1, 0.15) is 31.2 Å². The first kappa shape index (κ1) is 12.7. The van der Waals surface area contributed by atoms with Gasteiger partial charge in [-0.2, -0.15) is 0 Å². The smallest absolute Gasteiger partial charge is 0.241 e. The predicted octanol–water partition coefficient (Wildman–Crippen LogP) is 2.81. The van der Waals surface area contributed by atoms with Crippen molar-refractivity contribution in [1.29, 1.82) is 0 Å². The largest absolute Gasteiger partial charge is 0.325 e. The van der Waals surface area contributed by atoms with E-state index >= 15 is 0 Å². The van der Waals surface area contributed by atoms with Gasteiger partial charge in [0.1, 0.15) is 0 Å². The van der Waals surface area contributed by atoms with Gasteiger partial charge in [0, 0.05) is 11.7 Å². The summed E-state index contributed by atoms with van der Waals surface area (Å²) in [6.07, 6.45) is 4.91. The van der Waals surface area contributed by atoms with E-state index < -0.39 is 0 Å². The number of benzene rings is 1. The van der Waals surface area contributed by atoms with Crippen LogP contribution in [0, 0.1) is 12.8 Å². The minimum atomic E-state index is 0.0517. The van der Waals surface area contributed by atoms with Crippen LogP contribution >= 0.6 is 0 Å². The number of carbonyl (C=O) groups excluding carboxylic acids is 1. The molecule has 1 aromatic rings. The molecule has 1 aliphatic carbocycles. The van der Waals surface area contributed by atoms with Crippen molar-refractivity contribution in [1.82, 2.24) is 4.90 Å². The second-order valence-corrected chi connectivity index (χ2v) is 6.03. The van der Waals surface area contributed by atoms with Crippen LogP contribution in [0.2, 0.25) is 0 Å². The number of likely N-dealkylation sites (N-methyl/N-ethyl adjacent to an activating group) is 1. The second-order valence-electron chi connectivity index (χ2n) is 6.03. The standard InChI is InChI=1S/C16H22N2O/c1-11-5-3-7-13(9-11)17-16(19)15-10-12-6-4-8-14(12)18(15)2/h3,5,7,9,12,14-15H,4,6,8,10H2,1-2H3,(H,17,19). The Morgan fingerprint density at radius 3 is 2.95 bits per heavy atom. The van der Waals surface area contributed by atoms with E-state index in [2.05, 4.69) is 17.3 Å². The second kappa shape index (κ2) is 4.97. The van der Waals surface area contributed by atoms with Gasteiger partial charge >= 0.3 is 0 Å². The third-order valence-electron chi connectivity index (χ3n) is 4.75. The summed E-state index contributed by atoms with van der Waals surface area (Å²) in [6.45, 7) is 2.04. The zero-order valence-corrected chi connectivity index (χ0v) is 11.7. The van der Waals surface area contributed by atoms with E-state index in [0.29, 0.717) is 6.04 Å². The Morgan fingerprint density at radius 1 is 1.37 bits per heavy atom. The predicted molar refractivity (Wildman–Crippen MR) is 77.1 cm³/mol. The quantitative estimate of drug-likeness (QED) is 0.884. The monoisotopic (exact) mass is 258 g/mol. The molecular weight excluding hydrogens is 236 g/mol. The fraction of sp³-hybridized carbons (Fsp3) is 0.562. The van der Waals surface area contributed by atoms with Gasteiger partial charge in [0.2, 0.25) is 5.91 Å². The Hall–Kier alpha value is -1.35. The highest BCUT2D eigenvalue weighted by molar-refractivity contribution is 5.95. The molecule has 1 N–H and O–H groups in total. The molecule has 3 atom stereocenters. The molecule has 102 valence electrons. The summed E-state index contributed by atoms with van der Waals surface area (Å²) in [5.74, 6) is 0.890. The van der Waals surface area contributed by atoms with E-state index in [4.69, 9.17) is 0 Å². The first-order valence-electron chi connectivity index (χ1n) is 7.24. The lowest BCUT2D eigenvalue weighted by Crippen LogP contribution is -2.40. The Balaban J connectivity index is 1.68. The van der Waals surface area contributed by atoms with Crippen LogP contribution in [0.15, 0.2) is 24.3 Å². The van der Waals surface area contributed by atoms with Crippen molar-refractivity contribution in [3.63, 3.8) is 0 Å². The van der Waals surface area contributed by atoms with Gasteiger partial charge in [0.25, 0.3) is 0 Å². The third kappa shape index (κ3) is 2.39. The lowest BCUT2D eigenvalue weighted by molar-refractivity contribution is -0.120. The Labute approximate surface area is 115 Å². The number of anilines is 1. The molecule has 1 saturated carbocycles. The van der Waals surface area contributed by atoms with Crippen molar-refractivity contribution in [2.45, 2.75) is 44.7 Å². The van der Waals surface area contributed by atoms with E-state index in [9.17, 15) is 4.79 Å². The number of fused-ring (bicyclic) bond motifs is 1. The molecule has 0 spiro atoms. The van der Waals surface area contributed by atoms with Gasteiger partial charge in [0.05, 0.1) is 6.04 Å². The third-order valence-corrected chi connectivity index (χ3v) is 4.75. The van der Waals surface area contributed by atoms with Crippen molar-refractivity contribution >= 4 is 11.6 Å². The van der Waals surface area contributed by atoms with E-state index in [-0.39, 0.29) is 11.9 Å². The molecule has 1 aromatic carbocycles. The number of rotatable bonds is 2. The molecule has 1 amide bonds. The highest BCUT2D eigenvalue weighted by Gasteiger charge is 2.44. The molecule has 0 aromatic heterocycles. The molecule has 1 aliphatic heterocycles. The van der Waals surface area contributed by atoms with Crippen molar-refractivity contribution in [2.75, 3.05) is 12.4 Å². The first-order chi connectivity index (χ1) is 9.15. The molecule has 2 aliphatic rings. The number of hydrogen-bond acceptors (Lipinski definition) is 2. The molecule has 3 nitrogen and oxygen atoms in total. The summed E-state index contributed by atoms with van der Waals surface area (Å²) in [6, 6.07) is 8.69. The molecule has 1 heterocycles. The summed E-state index contributed by atoms with van der Waals surface area (Å²) in [5.41, 5.74) is 2.09. The van der Waals surface area contributed by atoms with E-state index in [1.54, 1.807) is 0 Å². The molecule has 1 saturated heterocycles. The minimum Gasteiger partial charge on any atom is -0.325 e. The maximum atomic E-state index is 12.4. The maximum Gasteiger partial charge on any atom is 0.241 e. The Morgan fingerprint density at radius 2 is 2.21 bits per heavy atom. The Bertz CT molecular complexity index is 485. The highest BCUT2D eigenvalue weighted by atomic mass is 16.2. The number of hydrogen-bond donors (Lipinski definition) is 1. The van der Waals surface area contributed by atoms with Crippen molar-refractivity contribution < 1.29 is 4.79 Å². The SMILES string of the molecule is Cc1cccc(NC(=O)C2CC3CCCC3N2C)c1. The zero-order valence-electron chi connectivity index (χ0n) is 11.7. The fourth-order valence-corrected chi connectivity index (χ4v) is 3.75. The van der Waals surface area contributed by atoms with Gasteiger partial charge < -0.3 is 5.32 Å². The molecule has 3 rings (SSSR count). The minimum absolute atomic E-state index is 0.0517. The molecule has 0 radical (unpaired) electrons. The lowest BCUT2D eigenvalue weighted by atomic mass is 10.0. The van der Waals surface area contributed by atoms with Gasteiger partial charge in [-0.15, -0.1) is 0 Å². The summed E-state index contributed by atoms with van der Waals surface area (Å²) in [5, 5.41) is 3.06. The van der Waals surface area contributed by atoms with Gasteiger partial charge in [0.15, 0.2) is 0 Å². The number of likely N-dealkylation sites (tertiary alicyclic amines) is 1. The van der Waals surface area contributed by atoms with Crippen molar-refractivity contribution in [3.8, 4) is 0 Å². The zero-order chi connectivity index (χ0) is 13.4. The number of aryl methyl sites for hydroxylation is 1. The van der Waals surface area contributed by atoms with Crippen LogP contribution in [0.5, 0.6) is 0 Å². The molecular formula is C16H22N2O. The molecule has 3 heteroatoms. The number of nitrogens with one attached hydrogen (secondary N) is 1. The average molecular weight is 258 g/mol. The lowest BCUT2D eigenvalue weighted by Gasteiger charge is -2.24. The number of amides is 1. The van der Waals surface area contributed by atoms with E-state index in [0.717, 1.165) is 18.0 Å². The van der Waals surface area contributed by atoms with E-state index in [1.165, 1.54) is 24.8 Å². The summed E-state index contributed by atoms with van der Waals surface area (Å²) < 4.78 is 0. The molecule has 0 bridgehead atoms. The van der Waals surface area contributed by atoms with Crippen LogP contribution in [0.3, 0.4) is 0 Å². The van der Waals surface area contributed by atoms with Gasteiger partial charge in [-0.3, -0.25) is 9.69 Å². The number of carbonyl (C=O) groups is 1. The van der Waals surface area contributed by atoms with Crippen LogP contribution in [0.25, 0.3) is 0 Å². The van der Waals surface area contributed by atoms with Gasteiger partial charge in [-0.25, -0.2) is 0 Å². The maximum absolute atomic E-state index is 12.4. The fourth-order valence-electron chi connectivity index (χ4n) is 3.75. The van der Waals surface area contributed by atoms with E-state index in [1.807, 2.05) is 31.2 Å². The van der Waals surface area contributed by atoms with Crippen LogP contribution in [0.4, 0.5) is 5.69 Å². The average Bonchev–Trinajstić information content (AvgIpc) is 2.93. The normalized spacial score (nSPS) is 30.3. The summed E-state index contributed by atoms with van der Waals surface area (Å²) in [4.78, 5) is 14.7. The molecule has 19 heavy (non-hydrogen) atoms. The number of nitrogens with zero attached hydrogens (tertiary/aromatic N) is 1. The van der Waals surface area contributed by atoms with Gasteiger partial charge in [-0.1, -0.05) is 18.6 Å². The van der Waals surface area contributed by atoms with Crippen molar-refractivity contribution in [2.24, 2.45) is 5.92 Å².